The van der Waals surface area contributed by atoms with Crippen LogP contribution in [0.3, 0.4) is 0 Å². The molecule has 2 heterocycles. The minimum absolute atomic E-state index is 0.147. The third-order valence-electron chi connectivity index (χ3n) is 2.56. The zero-order chi connectivity index (χ0) is 14.1. The van der Waals surface area contributed by atoms with Gasteiger partial charge in [-0.1, -0.05) is 23.7 Å². The summed E-state index contributed by atoms with van der Waals surface area (Å²) in [4.78, 5) is 15.9. The zero-order valence-corrected chi connectivity index (χ0v) is 12.3. The molecule has 0 fully saturated rings. The molecule has 0 radical (unpaired) electrons. The number of ether oxygens (including phenoxy) is 1. The molecule has 1 aliphatic rings. The number of nitrogens with zero attached hydrogens (tertiary/aromatic N) is 1. The molecule has 1 aromatic carbocycles. The Morgan fingerprint density at radius 3 is 2.80 bits per heavy atom. The molecular weight excluding hydrogens is 346 g/mol. The molecule has 6 heteroatoms. The highest BCUT2D eigenvalue weighted by molar-refractivity contribution is 9.10. The highest BCUT2D eigenvalue weighted by Crippen LogP contribution is 2.22. The summed E-state index contributed by atoms with van der Waals surface area (Å²) in [6.07, 6.45) is 1.61. The van der Waals surface area contributed by atoms with Crippen LogP contribution in [0.5, 0.6) is 0 Å². The number of hydrogen-bond acceptors (Lipinski definition) is 4. The van der Waals surface area contributed by atoms with Gasteiger partial charge < -0.3 is 9.15 Å². The maximum atomic E-state index is 11.8. The monoisotopic (exact) mass is 351 g/mol. The van der Waals surface area contributed by atoms with E-state index >= 15 is 0 Å². The molecule has 0 saturated carbocycles. The first-order chi connectivity index (χ1) is 9.61. The molecule has 100 valence electrons. The molecule has 3 rings (SSSR count). The molecule has 0 N–H and O–H groups in total. The Hall–Kier alpha value is -1.85. The Kier molecular flexibility index (Phi) is 3.46. The standard InChI is InChI=1S/C14H7BrClNO3/c15-12-5-4-11(19-12)13-17-10(14(18)20-13)7-8-2-1-3-9(16)6-8/h1-7H/b10-7-. The molecular formula is C14H7BrClNO3. The summed E-state index contributed by atoms with van der Waals surface area (Å²) in [6.45, 7) is 0. The maximum Gasteiger partial charge on any atom is 0.363 e. The van der Waals surface area contributed by atoms with Crippen LogP contribution >= 0.6 is 27.5 Å². The number of rotatable bonds is 2. The Balaban J connectivity index is 1.94. The summed E-state index contributed by atoms with van der Waals surface area (Å²) in [5.74, 6) is 0.0150. The van der Waals surface area contributed by atoms with Crippen molar-refractivity contribution in [2.24, 2.45) is 4.99 Å². The van der Waals surface area contributed by atoms with Crippen molar-refractivity contribution in [1.29, 1.82) is 0 Å². The van der Waals surface area contributed by atoms with Gasteiger partial charge in [0.15, 0.2) is 16.1 Å². The van der Waals surface area contributed by atoms with Crippen molar-refractivity contribution < 1.29 is 13.9 Å². The zero-order valence-electron chi connectivity index (χ0n) is 9.97. The molecule has 0 atom stereocenters. The van der Waals surface area contributed by atoms with E-state index < -0.39 is 5.97 Å². The molecule has 0 bridgehead atoms. The molecule has 20 heavy (non-hydrogen) atoms. The molecule has 0 saturated heterocycles. The van der Waals surface area contributed by atoms with E-state index in [9.17, 15) is 4.79 Å². The number of halogens is 2. The van der Waals surface area contributed by atoms with Gasteiger partial charge in [0.2, 0.25) is 0 Å². The third-order valence-corrected chi connectivity index (χ3v) is 3.22. The minimum Gasteiger partial charge on any atom is -0.444 e. The van der Waals surface area contributed by atoms with Crippen molar-refractivity contribution in [3.8, 4) is 0 Å². The predicted molar refractivity (Wildman–Crippen MR) is 78.5 cm³/mol. The lowest BCUT2D eigenvalue weighted by molar-refractivity contribution is -0.130. The number of esters is 1. The third kappa shape index (κ3) is 2.69. The van der Waals surface area contributed by atoms with Gasteiger partial charge in [0.05, 0.1) is 0 Å². The average molecular weight is 353 g/mol. The molecule has 1 aromatic heterocycles. The van der Waals surface area contributed by atoms with Gasteiger partial charge in [0.1, 0.15) is 0 Å². The summed E-state index contributed by atoms with van der Waals surface area (Å²) >= 11 is 9.07. The number of carbonyl (C=O) groups is 1. The summed E-state index contributed by atoms with van der Waals surface area (Å²) in [6, 6.07) is 10.5. The van der Waals surface area contributed by atoms with E-state index in [1.165, 1.54) is 0 Å². The van der Waals surface area contributed by atoms with Crippen LogP contribution in [-0.4, -0.2) is 11.9 Å². The van der Waals surface area contributed by atoms with Crippen LogP contribution in [0.1, 0.15) is 11.3 Å². The fourth-order valence-corrected chi connectivity index (χ4v) is 2.20. The molecule has 4 nitrogen and oxygen atoms in total. The lowest BCUT2D eigenvalue weighted by Gasteiger charge is -1.94. The second-order valence-electron chi connectivity index (χ2n) is 3.99. The van der Waals surface area contributed by atoms with Gasteiger partial charge in [-0.2, -0.15) is 0 Å². The van der Waals surface area contributed by atoms with Crippen LogP contribution < -0.4 is 0 Å². The van der Waals surface area contributed by atoms with Crippen LogP contribution in [0, 0.1) is 0 Å². The topological polar surface area (TPSA) is 51.8 Å². The Labute approximate surface area is 127 Å². The van der Waals surface area contributed by atoms with E-state index in [0.29, 0.717) is 15.5 Å². The highest BCUT2D eigenvalue weighted by atomic mass is 79.9. The van der Waals surface area contributed by atoms with Crippen LogP contribution in [0.2, 0.25) is 5.02 Å². The van der Waals surface area contributed by atoms with Gasteiger partial charge in [-0.25, -0.2) is 9.79 Å². The fourth-order valence-electron chi connectivity index (χ4n) is 1.70. The first-order valence-electron chi connectivity index (χ1n) is 5.66. The molecule has 1 aliphatic heterocycles. The second kappa shape index (κ2) is 5.26. The van der Waals surface area contributed by atoms with Gasteiger partial charge in [-0.3, -0.25) is 0 Å². The van der Waals surface area contributed by atoms with E-state index in [1.807, 2.05) is 6.07 Å². The Bertz CT molecular complexity index is 748. The minimum atomic E-state index is -0.521. The molecule has 0 aliphatic carbocycles. The SMILES string of the molecule is O=C1OC(c2ccc(Br)o2)=N/C1=C\c1cccc(Cl)c1. The molecule has 2 aromatic rings. The summed E-state index contributed by atoms with van der Waals surface area (Å²) in [7, 11) is 0. The molecule has 0 spiro atoms. The number of benzene rings is 1. The number of cyclic esters (lactones) is 1. The van der Waals surface area contributed by atoms with Crippen molar-refractivity contribution in [2.45, 2.75) is 0 Å². The van der Waals surface area contributed by atoms with Crippen molar-refractivity contribution in [3.05, 3.63) is 63.1 Å². The van der Waals surface area contributed by atoms with Gasteiger partial charge >= 0.3 is 5.97 Å². The van der Waals surface area contributed by atoms with Crippen LogP contribution in [-0.2, 0) is 9.53 Å². The van der Waals surface area contributed by atoms with Crippen LogP contribution in [0.15, 0.2) is 56.2 Å². The second-order valence-corrected chi connectivity index (χ2v) is 5.21. The van der Waals surface area contributed by atoms with Gasteiger partial charge in [-0.05, 0) is 51.8 Å². The van der Waals surface area contributed by atoms with Gasteiger partial charge in [-0.15, -0.1) is 0 Å². The lowest BCUT2D eigenvalue weighted by atomic mass is 10.2. The number of furan rings is 1. The fraction of sp³-hybridized carbons (Fsp3) is 0. The number of carbonyl (C=O) groups excluding carboxylic acids is 1. The highest BCUT2D eigenvalue weighted by Gasteiger charge is 2.26. The molecule has 0 unspecified atom stereocenters. The maximum absolute atomic E-state index is 11.8. The summed E-state index contributed by atoms with van der Waals surface area (Å²) in [5.41, 5.74) is 0.977. The first kappa shape index (κ1) is 13.1. The first-order valence-corrected chi connectivity index (χ1v) is 6.83. The number of hydrogen-bond donors (Lipinski definition) is 0. The van der Waals surface area contributed by atoms with Crippen molar-refractivity contribution >= 4 is 45.5 Å². The summed E-state index contributed by atoms with van der Waals surface area (Å²) < 4.78 is 10.9. The number of aliphatic imine (C=N–C) groups is 1. The van der Waals surface area contributed by atoms with Crippen LogP contribution in [0.4, 0.5) is 0 Å². The Morgan fingerprint density at radius 2 is 2.10 bits per heavy atom. The van der Waals surface area contributed by atoms with E-state index in [1.54, 1.807) is 36.4 Å². The van der Waals surface area contributed by atoms with E-state index in [2.05, 4.69) is 20.9 Å². The van der Waals surface area contributed by atoms with Crippen LogP contribution in [0.25, 0.3) is 6.08 Å². The molecule has 0 amide bonds. The van der Waals surface area contributed by atoms with E-state index in [-0.39, 0.29) is 11.6 Å². The normalized spacial score (nSPS) is 16.4. The summed E-state index contributed by atoms with van der Waals surface area (Å²) in [5, 5.41) is 0.588. The largest absolute Gasteiger partial charge is 0.444 e. The smallest absolute Gasteiger partial charge is 0.363 e. The lowest BCUT2D eigenvalue weighted by Crippen LogP contribution is -2.04. The van der Waals surface area contributed by atoms with Crippen molar-refractivity contribution in [1.82, 2.24) is 0 Å². The van der Waals surface area contributed by atoms with E-state index in [0.717, 1.165) is 5.56 Å². The van der Waals surface area contributed by atoms with Crippen molar-refractivity contribution in [3.63, 3.8) is 0 Å². The van der Waals surface area contributed by atoms with E-state index in [4.69, 9.17) is 20.8 Å². The van der Waals surface area contributed by atoms with Gasteiger partial charge in [0, 0.05) is 5.02 Å². The van der Waals surface area contributed by atoms with Crippen molar-refractivity contribution in [2.75, 3.05) is 0 Å². The predicted octanol–water partition coefficient (Wildman–Crippen LogP) is 4.04. The average Bonchev–Trinajstić information content (AvgIpc) is 2.97. The quantitative estimate of drug-likeness (QED) is 0.605. The van der Waals surface area contributed by atoms with Gasteiger partial charge in [0.25, 0.3) is 5.90 Å². The Morgan fingerprint density at radius 1 is 1.25 bits per heavy atom.